The van der Waals surface area contributed by atoms with Crippen LogP contribution in [0.2, 0.25) is 5.02 Å². The number of halogens is 1. The van der Waals surface area contributed by atoms with Gasteiger partial charge in [0.2, 0.25) is 0 Å². The second-order valence-electron chi connectivity index (χ2n) is 4.43. The quantitative estimate of drug-likeness (QED) is 0.858. The average Bonchev–Trinajstić information content (AvgIpc) is 2.86. The van der Waals surface area contributed by atoms with Crippen LogP contribution in [0.3, 0.4) is 0 Å². The van der Waals surface area contributed by atoms with E-state index in [0.29, 0.717) is 16.4 Å². The Labute approximate surface area is 122 Å². The number of imidazole rings is 1. The van der Waals surface area contributed by atoms with Gasteiger partial charge < -0.3 is 15.0 Å². The summed E-state index contributed by atoms with van der Waals surface area (Å²) < 4.78 is 1.85. The minimum absolute atomic E-state index is 0.610. The average molecular weight is 294 g/mol. The number of nitrogens with one attached hydrogen (secondary N) is 1. The number of rotatable bonds is 6. The minimum Gasteiger partial charge on any atom is -0.479 e. The van der Waals surface area contributed by atoms with E-state index in [1.54, 1.807) is 36.8 Å². The lowest BCUT2D eigenvalue weighted by atomic mass is 10.2. The Morgan fingerprint density at radius 3 is 2.75 bits per heavy atom. The summed E-state index contributed by atoms with van der Waals surface area (Å²) >= 11 is 5.82. The van der Waals surface area contributed by atoms with Gasteiger partial charge in [0, 0.05) is 17.3 Å². The normalized spacial score (nSPS) is 12.1. The number of carboxylic acids is 1. The molecule has 20 heavy (non-hydrogen) atoms. The van der Waals surface area contributed by atoms with Crippen molar-refractivity contribution < 1.29 is 9.90 Å². The van der Waals surface area contributed by atoms with Crippen LogP contribution in [0, 0.1) is 0 Å². The number of aliphatic carboxylic acids is 1. The van der Waals surface area contributed by atoms with Crippen LogP contribution in [0.5, 0.6) is 0 Å². The van der Waals surface area contributed by atoms with Gasteiger partial charge in [-0.3, -0.25) is 0 Å². The van der Waals surface area contributed by atoms with Gasteiger partial charge in [0.05, 0.1) is 18.2 Å². The van der Waals surface area contributed by atoms with E-state index in [9.17, 15) is 9.90 Å². The van der Waals surface area contributed by atoms with Crippen LogP contribution >= 0.6 is 11.6 Å². The molecule has 0 spiro atoms. The Hall–Kier alpha value is -2.01. The molecule has 0 aliphatic carbocycles. The Bertz CT molecular complexity index is 580. The van der Waals surface area contributed by atoms with Crippen molar-refractivity contribution in [2.75, 3.05) is 5.32 Å². The van der Waals surface area contributed by atoms with Crippen LogP contribution in [-0.2, 0) is 11.3 Å². The maximum atomic E-state index is 11.5. The first-order valence-electron chi connectivity index (χ1n) is 6.36. The van der Waals surface area contributed by atoms with Crippen LogP contribution in [0.25, 0.3) is 0 Å². The number of aromatic nitrogens is 2. The molecule has 1 aromatic heterocycles. The van der Waals surface area contributed by atoms with Crippen molar-refractivity contribution in [1.82, 2.24) is 9.55 Å². The van der Waals surface area contributed by atoms with Crippen molar-refractivity contribution in [1.29, 1.82) is 0 Å². The van der Waals surface area contributed by atoms with E-state index in [2.05, 4.69) is 10.3 Å². The summed E-state index contributed by atoms with van der Waals surface area (Å²) in [4.78, 5) is 15.5. The van der Waals surface area contributed by atoms with Gasteiger partial charge in [0.25, 0.3) is 0 Å². The number of hydrogen-bond donors (Lipinski definition) is 2. The Balaban J connectivity index is 2.25. The second-order valence-corrected chi connectivity index (χ2v) is 4.87. The molecule has 0 saturated heterocycles. The third-order valence-corrected chi connectivity index (χ3v) is 3.16. The first kappa shape index (κ1) is 14.4. The van der Waals surface area contributed by atoms with E-state index in [0.717, 1.165) is 13.0 Å². The first-order chi connectivity index (χ1) is 9.61. The molecule has 1 atom stereocenters. The zero-order chi connectivity index (χ0) is 14.5. The molecule has 0 amide bonds. The summed E-state index contributed by atoms with van der Waals surface area (Å²) in [5.41, 5.74) is 1.33. The van der Waals surface area contributed by atoms with Crippen molar-refractivity contribution in [3.05, 3.63) is 47.5 Å². The number of nitrogens with zero attached hydrogens (tertiary/aromatic N) is 2. The summed E-state index contributed by atoms with van der Waals surface area (Å²) in [6.45, 7) is 2.77. The molecule has 0 aliphatic heterocycles. The third-order valence-electron chi connectivity index (χ3n) is 2.91. The fraction of sp³-hybridized carbons (Fsp3) is 0.286. The molecule has 0 bridgehead atoms. The highest BCUT2D eigenvalue weighted by molar-refractivity contribution is 6.30. The largest absolute Gasteiger partial charge is 0.479 e. The van der Waals surface area contributed by atoms with E-state index in [4.69, 9.17) is 11.6 Å². The maximum absolute atomic E-state index is 11.5. The monoisotopic (exact) mass is 293 g/mol. The first-order valence-corrected chi connectivity index (χ1v) is 6.74. The van der Waals surface area contributed by atoms with Gasteiger partial charge in [-0.15, -0.1) is 0 Å². The van der Waals surface area contributed by atoms with Crippen molar-refractivity contribution in [3.63, 3.8) is 0 Å². The molecule has 0 fully saturated rings. The van der Waals surface area contributed by atoms with E-state index in [1.807, 2.05) is 11.5 Å². The lowest BCUT2D eigenvalue weighted by Gasteiger charge is -2.17. The predicted octanol–water partition coefficient (Wildman–Crippen LogP) is 3.18. The van der Waals surface area contributed by atoms with E-state index in [-0.39, 0.29) is 0 Å². The molecule has 0 radical (unpaired) electrons. The van der Waals surface area contributed by atoms with Gasteiger partial charge in [-0.25, -0.2) is 9.78 Å². The Morgan fingerprint density at radius 1 is 1.45 bits per heavy atom. The number of carboxylic acid groups (broad SMARTS) is 1. The Morgan fingerprint density at radius 2 is 2.15 bits per heavy atom. The predicted molar refractivity (Wildman–Crippen MR) is 78.0 cm³/mol. The number of hydrogen-bond acceptors (Lipinski definition) is 3. The number of aryl methyl sites for hydroxylation is 1. The van der Waals surface area contributed by atoms with Gasteiger partial charge in [-0.1, -0.05) is 18.5 Å². The highest BCUT2D eigenvalue weighted by Gasteiger charge is 2.23. The highest BCUT2D eigenvalue weighted by atomic mass is 35.5. The molecular weight excluding hydrogens is 278 g/mol. The lowest BCUT2D eigenvalue weighted by molar-refractivity contribution is -0.138. The molecule has 5 nitrogen and oxygen atoms in total. The summed E-state index contributed by atoms with van der Waals surface area (Å²) in [5, 5.41) is 13.0. The standard InChI is InChI=1S/C14H16ClN3O2/c1-2-7-18-9-16-8-12(18)13(14(19)20)17-11-5-3-10(15)4-6-11/h3-6,8-9,13,17H,2,7H2,1H3,(H,19,20). The number of carbonyl (C=O) groups is 1. The fourth-order valence-corrected chi connectivity index (χ4v) is 2.10. The van der Waals surface area contributed by atoms with Gasteiger partial charge in [-0.05, 0) is 30.7 Å². The van der Waals surface area contributed by atoms with Crippen LogP contribution in [0.15, 0.2) is 36.8 Å². The van der Waals surface area contributed by atoms with Crippen LogP contribution in [0.4, 0.5) is 5.69 Å². The second kappa shape index (κ2) is 6.43. The molecule has 0 saturated carbocycles. The van der Waals surface area contributed by atoms with E-state index < -0.39 is 12.0 Å². The van der Waals surface area contributed by atoms with Crippen LogP contribution in [0.1, 0.15) is 25.1 Å². The number of benzene rings is 1. The molecule has 0 aliphatic rings. The lowest BCUT2D eigenvalue weighted by Crippen LogP contribution is -2.23. The summed E-state index contributed by atoms with van der Waals surface area (Å²) in [7, 11) is 0. The SMILES string of the molecule is CCCn1cncc1C(Nc1ccc(Cl)cc1)C(=O)O. The summed E-state index contributed by atoms with van der Waals surface area (Å²) in [6, 6.07) is 6.08. The molecular formula is C14H16ClN3O2. The van der Waals surface area contributed by atoms with Crippen molar-refractivity contribution in [2.45, 2.75) is 25.9 Å². The fourth-order valence-electron chi connectivity index (χ4n) is 1.97. The van der Waals surface area contributed by atoms with Crippen LogP contribution in [-0.4, -0.2) is 20.6 Å². The maximum Gasteiger partial charge on any atom is 0.332 e. The van der Waals surface area contributed by atoms with E-state index in [1.165, 1.54) is 0 Å². The number of anilines is 1. The zero-order valence-corrected chi connectivity index (χ0v) is 11.8. The topological polar surface area (TPSA) is 67.2 Å². The van der Waals surface area contributed by atoms with Gasteiger partial charge >= 0.3 is 5.97 Å². The van der Waals surface area contributed by atoms with Gasteiger partial charge in [-0.2, -0.15) is 0 Å². The summed E-state index contributed by atoms with van der Waals surface area (Å²) in [5.74, 6) is -0.946. The summed E-state index contributed by atoms with van der Waals surface area (Å²) in [6.07, 6.45) is 4.15. The zero-order valence-electron chi connectivity index (χ0n) is 11.1. The van der Waals surface area contributed by atoms with Gasteiger partial charge in [0.15, 0.2) is 6.04 Å². The molecule has 2 aromatic rings. The molecule has 6 heteroatoms. The van der Waals surface area contributed by atoms with Crippen molar-refractivity contribution in [3.8, 4) is 0 Å². The molecule has 2 rings (SSSR count). The highest BCUT2D eigenvalue weighted by Crippen LogP contribution is 2.21. The smallest absolute Gasteiger partial charge is 0.332 e. The molecule has 1 unspecified atom stereocenters. The molecule has 2 N–H and O–H groups in total. The van der Waals surface area contributed by atoms with Crippen molar-refractivity contribution in [2.24, 2.45) is 0 Å². The van der Waals surface area contributed by atoms with Gasteiger partial charge in [0.1, 0.15) is 0 Å². The molecule has 1 heterocycles. The van der Waals surface area contributed by atoms with Crippen LogP contribution < -0.4 is 5.32 Å². The van der Waals surface area contributed by atoms with Crippen molar-refractivity contribution >= 4 is 23.3 Å². The van der Waals surface area contributed by atoms with E-state index >= 15 is 0 Å². The Kier molecular flexibility index (Phi) is 4.63. The molecule has 1 aromatic carbocycles. The minimum atomic E-state index is -0.946. The molecule has 106 valence electrons. The third kappa shape index (κ3) is 3.30.